The summed E-state index contributed by atoms with van der Waals surface area (Å²) in [7, 11) is 0. The van der Waals surface area contributed by atoms with Gasteiger partial charge in [0.1, 0.15) is 0 Å². The Morgan fingerprint density at radius 1 is 1.44 bits per heavy atom. The molecule has 0 fully saturated rings. The van der Waals surface area contributed by atoms with Crippen molar-refractivity contribution < 1.29 is 9.72 Å². The summed E-state index contributed by atoms with van der Waals surface area (Å²) in [5.74, 6) is -0.217. The van der Waals surface area contributed by atoms with Gasteiger partial charge in [-0.25, -0.2) is 0 Å². The molecule has 1 rings (SSSR count). The maximum Gasteiger partial charge on any atom is 0.269 e. The lowest BCUT2D eigenvalue weighted by Gasteiger charge is -2.09. The Hall–Kier alpha value is -1.43. The molecule has 18 heavy (non-hydrogen) atoms. The van der Waals surface area contributed by atoms with Gasteiger partial charge in [0, 0.05) is 29.1 Å². The van der Waals surface area contributed by atoms with Gasteiger partial charge >= 0.3 is 0 Å². The lowest BCUT2D eigenvalue weighted by atomic mass is 10.2. The van der Waals surface area contributed by atoms with Crippen LogP contribution in [-0.4, -0.2) is 22.2 Å². The molecule has 1 unspecified atom stereocenters. The number of benzene rings is 1. The van der Waals surface area contributed by atoms with Gasteiger partial charge in [-0.05, 0) is 18.6 Å². The fraction of sp³-hybridized carbons (Fsp3) is 0.417. The molecule has 0 aliphatic rings. The van der Waals surface area contributed by atoms with E-state index < -0.39 is 4.92 Å². The normalized spacial score (nSPS) is 11.9. The third kappa shape index (κ3) is 4.44. The fourth-order valence-corrected chi connectivity index (χ4v) is 2.08. The number of non-ortho nitro benzene ring substituents is 1. The summed E-state index contributed by atoms with van der Waals surface area (Å²) < 4.78 is 0. The number of rotatable bonds is 6. The summed E-state index contributed by atoms with van der Waals surface area (Å²) in [4.78, 5) is 22.0. The highest BCUT2D eigenvalue weighted by Crippen LogP contribution is 2.12. The maximum absolute atomic E-state index is 11.7. The Labute approximate surface area is 114 Å². The lowest BCUT2D eigenvalue weighted by molar-refractivity contribution is -0.384. The SMILES string of the molecule is CCCC(Br)CNC(=O)c1ccc([N+](=O)[O-])cc1. The minimum absolute atomic E-state index is 0.0177. The van der Waals surface area contributed by atoms with E-state index in [-0.39, 0.29) is 16.4 Å². The van der Waals surface area contributed by atoms with Crippen molar-refractivity contribution in [2.24, 2.45) is 0 Å². The number of hydrogen-bond donors (Lipinski definition) is 1. The van der Waals surface area contributed by atoms with E-state index in [2.05, 4.69) is 28.2 Å². The Morgan fingerprint density at radius 2 is 2.06 bits per heavy atom. The molecule has 0 saturated heterocycles. The summed E-state index contributed by atoms with van der Waals surface area (Å²) >= 11 is 3.47. The van der Waals surface area contributed by atoms with Gasteiger partial charge in [-0.1, -0.05) is 29.3 Å². The molecule has 1 N–H and O–H groups in total. The van der Waals surface area contributed by atoms with Crippen molar-refractivity contribution in [2.45, 2.75) is 24.6 Å². The van der Waals surface area contributed by atoms with Crippen LogP contribution in [0.1, 0.15) is 30.1 Å². The van der Waals surface area contributed by atoms with Crippen LogP contribution in [0.5, 0.6) is 0 Å². The maximum atomic E-state index is 11.7. The number of nitrogens with one attached hydrogen (secondary N) is 1. The molecule has 0 aromatic heterocycles. The molecule has 1 amide bonds. The van der Waals surface area contributed by atoms with Crippen LogP contribution < -0.4 is 5.32 Å². The first-order valence-corrected chi connectivity index (χ1v) is 6.63. The highest BCUT2D eigenvalue weighted by molar-refractivity contribution is 9.09. The molecule has 0 heterocycles. The molecule has 1 atom stereocenters. The minimum Gasteiger partial charge on any atom is -0.351 e. The Bertz CT molecular complexity index is 420. The largest absolute Gasteiger partial charge is 0.351 e. The van der Waals surface area contributed by atoms with Gasteiger partial charge in [0.15, 0.2) is 0 Å². The van der Waals surface area contributed by atoms with Gasteiger partial charge in [0.05, 0.1) is 4.92 Å². The summed E-state index contributed by atoms with van der Waals surface area (Å²) in [6, 6.07) is 5.56. The van der Waals surface area contributed by atoms with E-state index in [9.17, 15) is 14.9 Å². The van der Waals surface area contributed by atoms with Gasteiger partial charge in [0.25, 0.3) is 11.6 Å². The van der Waals surface area contributed by atoms with Crippen molar-refractivity contribution in [1.82, 2.24) is 5.32 Å². The first-order chi connectivity index (χ1) is 8.54. The van der Waals surface area contributed by atoms with Gasteiger partial charge in [-0.2, -0.15) is 0 Å². The number of alkyl halides is 1. The summed E-state index contributed by atoms with van der Waals surface area (Å²) in [6.07, 6.45) is 2.03. The summed E-state index contributed by atoms with van der Waals surface area (Å²) in [6.45, 7) is 2.62. The molecule has 1 aromatic rings. The van der Waals surface area contributed by atoms with E-state index in [1.807, 2.05) is 0 Å². The number of hydrogen-bond acceptors (Lipinski definition) is 3. The van der Waals surface area contributed by atoms with E-state index in [4.69, 9.17) is 0 Å². The van der Waals surface area contributed by atoms with Crippen LogP contribution in [0.2, 0.25) is 0 Å². The van der Waals surface area contributed by atoms with Crippen LogP contribution in [0, 0.1) is 10.1 Å². The first kappa shape index (κ1) is 14.6. The molecule has 0 aliphatic heterocycles. The van der Waals surface area contributed by atoms with Crippen molar-refractivity contribution in [3.05, 3.63) is 39.9 Å². The topological polar surface area (TPSA) is 72.2 Å². The standard InChI is InChI=1S/C12H15BrN2O3/c1-2-3-10(13)8-14-12(16)9-4-6-11(7-5-9)15(17)18/h4-7,10H,2-3,8H2,1H3,(H,14,16). The van der Waals surface area contributed by atoms with Crippen LogP contribution in [0.3, 0.4) is 0 Å². The summed E-state index contributed by atoms with van der Waals surface area (Å²) in [5.41, 5.74) is 0.410. The van der Waals surface area contributed by atoms with Crippen molar-refractivity contribution >= 4 is 27.5 Å². The molecule has 5 nitrogen and oxygen atoms in total. The van der Waals surface area contributed by atoms with Gasteiger partial charge in [0.2, 0.25) is 0 Å². The highest BCUT2D eigenvalue weighted by atomic mass is 79.9. The average Bonchev–Trinajstić information content (AvgIpc) is 2.36. The molecule has 0 aliphatic carbocycles. The van der Waals surface area contributed by atoms with Crippen molar-refractivity contribution in [1.29, 1.82) is 0 Å². The zero-order chi connectivity index (χ0) is 13.5. The fourth-order valence-electron chi connectivity index (χ4n) is 1.46. The van der Waals surface area contributed by atoms with E-state index in [0.29, 0.717) is 12.1 Å². The van der Waals surface area contributed by atoms with E-state index >= 15 is 0 Å². The predicted octanol–water partition coefficient (Wildman–Crippen LogP) is 2.89. The van der Waals surface area contributed by atoms with Crippen LogP contribution >= 0.6 is 15.9 Å². The molecule has 0 spiro atoms. The number of nitrogens with zero attached hydrogens (tertiary/aromatic N) is 1. The average molecular weight is 315 g/mol. The highest BCUT2D eigenvalue weighted by Gasteiger charge is 2.10. The van der Waals surface area contributed by atoms with Crippen molar-refractivity contribution in [3.8, 4) is 0 Å². The molecular formula is C12H15BrN2O3. The molecule has 6 heteroatoms. The molecule has 0 saturated carbocycles. The quantitative estimate of drug-likeness (QED) is 0.498. The predicted molar refractivity (Wildman–Crippen MR) is 73.1 cm³/mol. The van der Waals surface area contributed by atoms with E-state index in [0.717, 1.165) is 12.8 Å². The Morgan fingerprint density at radius 3 is 2.56 bits per heavy atom. The Kier molecular flexibility index (Phi) is 5.77. The summed E-state index contributed by atoms with van der Waals surface area (Å²) in [5, 5.41) is 13.2. The van der Waals surface area contributed by atoms with Gasteiger partial charge in [-0.15, -0.1) is 0 Å². The molecule has 1 aromatic carbocycles. The Balaban J connectivity index is 2.54. The molecule has 0 radical (unpaired) electrons. The second kappa shape index (κ2) is 7.10. The molecule has 98 valence electrons. The minimum atomic E-state index is -0.489. The number of amides is 1. The van der Waals surface area contributed by atoms with Gasteiger partial charge < -0.3 is 5.32 Å². The number of carbonyl (C=O) groups excluding carboxylic acids is 1. The second-order valence-corrected chi connectivity index (χ2v) is 5.19. The second-order valence-electron chi connectivity index (χ2n) is 3.90. The van der Waals surface area contributed by atoms with Crippen LogP contribution in [-0.2, 0) is 0 Å². The number of nitro groups is 1. The van der Waals surface area contributed by atoms with E-state index in [1.165, 1.54) is 24.3 Å². The van der Waals surface area contributed by atoms with Crippen LogP contribution in [0.15, 0.2) is 24.3 Å². The van der Waals surface area contributed by atoms with E-state index in [1.54, 1.807) is 0 Å². The van der Waals surface area contributed by atoms with Gasteiger partial charge in [-0.3, -0.25) is 14.9 Å². The number of halogens is 1. The third-order valence-corrected chi connectivity index (χ3v) is 3.21. The lowest BCUT2D eigenvalue weighted by Crippen LogP contribution is -2.29. The zero-order valence-corrected chi connectivity index (χ0v) is 11.6. The zero-order valence-electron chi connectivity index (χ0n) is 10.1. The first-order valence-electron chi connectivity index (χ1n) is 5.71. The molecular weight excluding hydrogens is 300 g/mol. The monoisotopic (exact) mass is 314 g/mol. The van der Waals surface area contributed by atoms with Crippen LogP contribution in [0.4, 0.5) is 5.69 Å². The van der Waals surface area contributed by atoms with Crippen LogP contribution in [0.25, 0.3) is 0 Å². The van der Waals surface area contributed by atoms with Crippen molar-refractivity contribution in [2.75, 3.05) is 6.54 Å². The molecule has 0 bridgehead atoms. The third-order valence-electron chi connectivity index (χ3n) is 2.43. The smallest absolute Gasteiger partial charge is 0.269 e. The van der Waals surface area contributed by atoms with Crippen molar-refractivity contribution in [3.63, 3.8) is 0 Å². The number of carbonyl (C=O) groups is 1. The number of nitro benzene ring substituents is 1.